The topological polar surface area (TPSA) is 67.8 Å². The minimum absolute atomic E-state index is 0.385. The molecule has 0 heterocycles. The normalized spacial score (nSPS) is 10.6. The van der Waals surface area contributed by atoms with Gasteiger partial charge in [0.2, 0.25) is 0 Å². The first kappa shape index (κ1) is 16.9. The van der Waals surface area contributed by atoms with Gasteiger partial charge in [-0.2, -0.15) is 0 Å². The Kier molecular flexibility index (Phi) is 6.02. The van der Waals surface area contributed by atoms with Crippen LogP contribution in [-0.4, -0.2) is 18.2 Å². The van der Waals surface area contributed by atoms with Gasteiger partial charge in [0.05, 0.1) is 7.11 Å². The van der Waals surface area contributed by atoms with Crippen LogP contribution >= 0.6 is 11.6 Å². The van der Waals surface area contributed by atoms with E-state index in [9.17, 15) is 4.79 Å². The van der Waals surface area contributed by atoms with E-state index in [-0.39, 0.29) is 0 Å². The van der Waals surface area contributed by atoms with Gasteiger partial charge in [-0.25, -0.2) is 5.48 Å². The van der Waals surface area contributed by atoms with Crippen LogP contribution in [0.3, 0.4) is 0 Å². The highest BCUT2D eigenvalue weighted by Crippen LogP contribution is 2.29. The Bertz CT molecular complexity index is 698. The van der Waals surface area contributed by atoms with Gasteiger partial charge in [0.25, 0.3) is 5.91 Å². The maximum absolute atomic E-state index is 11.0. The van der Waals surface area contributed by atoms with Crippen molar-refractivity contribution in [3.8, 4) is 11.5 Å². The van der Waals surface area contributed by atoms with E-state index in [1.807, 2.05) is 12.1 Å². The third kappa shape index (κ3) is 5.02. The third-order valence-electron chi connectivity index (χ3n) is 3.03. The number of nitrogens with one attached hydrogen (secondary N) is 1. The molecular weight excluding hydrogens is 318 g/mol. The van der Waals surface area contributed by atoms with Crippen LogP contribution < -0.4 is 15.0 Å². The van der Waals surface area contributed by atoms with Crippen LogP contribution in [0.2, 0.25) is 5.02 Å². The molecule has 0 spiro atoms. The number of rotatable bonds is 6. The first-order valence-corrected chi connectivity index (χ1v) is 7.17. The summed E-state index contributed by atoms with van der Waals surface area (Å²) in [6.45, 7) is 0.385. The van der Waals surface area contributed by atoms with Crippen LogP contribution in [0.5, 0.6) is 11.5 Å². The summed E-state index contributed by atoms with van der Waals surface area (Å²) in [5.41, 5.74) is 3.25. The maximum Gasteiger partial charge on any atom is 0.267 e. The monoisotopic (exact) mass is 333 g/mol. The molecule has 2 aromatic carbocycles. The summed E-state index contributed by atoms with van der Waals surface area (Å²) in [6.07, 6.45) is 2.76. The fraction of sp³-hybridized carbons (Fsp3) is 0.118. The van der Waals surface area contributed by atoms with Gasteiger partial charge in [-0.05, 0) is 41.5 Å². The summed E-state index contributed by atoms with van der Waals surface area (Å²) >= 11 is 5.85. The largest absolute Gasteiger partial charge is 0.493 e. The van der Waals surface area contributed by atoms with Crippen molar-refractivity contribution >= 4 is 23.6 Å². The molecule has 23 heavy (non-hydrogen) atoms. The van der Waals surface area contributed by atoms with Crippen LogP contribution in [0, 0.1) is 0 Å². The van der Waals surface area contributed by atoms with Crippen LogP contribution in [0.25, 0.3) is 6.08 Å². The van der Waals surface area contributed by atoms with Crippen LogP contribution in [0.1, 0.15) is 11.1 Å². The number of methoxy groups -OCH3 is 1. The summed E-state index contributed by atoms with van der Waals surface area (Å²) < 4.78 is 11.0. The number of carbonyl (C=O) groups excluding carboxylic acids is 1. The summed E-state index contributed by atoms with van der Waals surface area (Å²) in [5, 5.41) is 9.12. The van der Waals surface area contributed by atoms with E-state index in [1.165, 1.54) is 11.6 Å². The van der Waals surface area contributed by atoms with Crippen LogP contribution in [0.15, 0.2) is 48.5 Å². The van der Waals surface area contributed by atoms with Crippen LogP contribution in [-0.2, 0) is 11.4 Å². The van der Waals surface area contributed by atoms with Crippen molar-refractivity contribution in [2.45, 2.75) is 6.61 Å². The highest BCUT2D eigenvalue weighted by molar-refractivity contribution is 6.30. The number of benzene rings is 2. The smallest absolute Gasteiger partial charge is 0.267 e. The Balaban J connectivity index is 2.08. The second-order valence-electron chi connectivity index (χ2n) is 4.63. The number of hydroxylamine groups is 1. The minimum atomic E-state index is -0.605. The van der Waals surface area contributed by atoms with Gasteiger partial charge in [0.1, 0.15) is 6.61 Å². The SMILES string of the molecule is COc1cc(/C=C/C(=O)NO)ccc1OCc1ccc(Cl)cc1. The van der Waals surface area contributed by atoms with E-state index in [1.54, 1.807) is 43.5 Å². The summed E-state index contributed by atoms with van der Waals surface area (Å²) in [4.78, 5) is 11.0. The molecule has 0 radical (unpaired) electrons. The highest BCUT2D eigenvalue weighted by atomic mass is 35.5. The van der Waals surface area contributed by atoms with Gasteiger partial charge in [0.15, 0.2) is 11.5 Å². The molecule has 0 fully saturated rings. The molecule has 0 saturated heterocycles. The molecule has 2 aromatic rings. The van der Waals surface area contributed by atoms with Crippen molar-refractivity contribution in [1.29, 1.82) is 0 Å². The fourth-order valence-corrected chi connectivity index (χ4v) is 1.98. The first-order valence-electron chi connectivity index (χ1n) is 6.80. The lowest BCUT2D eigenvalue weighted by atomic mass is 10.2. The van der Waals surface area contributed by atoms with Crippen molar-refractivity contribution in [3.05, 3.63) is 64.7 Å². The van der Waals surface area contributed by atoms with E-state index >= 15 is 0 Å². The second-order valence-corrected chi connectivity index (χ2v) is 5.07. The van der Waals surface area contributed by atoms with E-state index in [0.717, 1.165) is 11.1 Å². The summed E-state index contributed by atoms with van der Waals surface area (Å²) in [5.74, 6) is 0.531. The second kappa shape index (κ2) is 8.22. The predicted molar refractivity (Wildman–Crippen MR) is 87.7 cm³/mol. The number of amides is 1. The Morgan fingerprint density at radius 1 is 1.22 bits per heavy atom. The lowest BCUT2D eigenvalue weighted by Gasteiger charge is -2.11. The lowest BCUT2D eigenvalue weighted by molar-refractivity contribution is -0.124. The van der Waals surface area contributed by atoms with Gasteiger partial charge in [-0.15, -0.1) is 0 Å². The Hall–Kier alpha value is -2.50. The molecule has 0 saturated carbocycles. The molecule has 0 aliphatic rings. The summed E-state index contributed by atoms with van der Waals surface area (Å²) in [7, 11) is 1.54. The van der Waals surface area contributed by atoms with Gasteiger partial charge in [-0.3, -0.25) is 10.0 Å². The minimum Gasteiger partial charge on any atom is -0.493 e. The molecule has 0 atom stereocenters. The third-order valence-corrected chi connectivity index (χ3v) is 3.28. The molecule has 0 aliphatic carbocycles. The zero-order valence-electron chi connectivity index (χ0n) is 12.5. The number of halogens is 1. The van der Waals surface area contributed by atoms with Crippen molar-refractivity contribution in [2.24, 2.45) is 0 Å². The summed E-state index contributed by atoms with van der Waals surface area (Å²) in [6, 6.07) is 12.7. The average Bonchev–Trinajstić information content (AvgIpc) is 2.59. The molecule has 0 aliphatic heterocycles. The molecular formula is C17H16ClNO4. The number of hydrogen-bond donors (Lipinski definition) is 2. The molecule has 0 aromatic heterocycles. The van der Waals surface area contributed by atoms with Gasteiger partial charge in [-0.1, -0.05) is 29.8 Å². The Morgan fingerprint density at radius 3 is 2.61 bits per heavy atom. The fourth-order valence-electron chi connectivity index (χ4n) is 1.86. The zero-order valence-corrected chi connectivity index (χ0v) is 13.2. The van der Waals surface area contributed by atoms with Crippen molar-refractivity contribution in [3.63, 3.8) is 0 Å². The highest BCUT2D eigenvalue weighted by Gasteiger charge is 2.05. The van der Waals surface area contributed by atoms with E-state index in [0.29, 0.717) is 23.1 Å². The molecule has 120 valence electrons. The standard InChI is InChI=1S/C17H16ClNO4/c1-22-16-10-12(5-9-17(20)19-21)4-8-15(16)23-11-13-2-6-14(18)7-3-13/h2-10,21H,11H2,1H3,(H,19,20)/b9-5+. The maximum atomic E-state index is 11.0. The van der Waals surface area contributed by atoms with Gasteiger partial charge in [0, 0.05) is 11.1 Å². The van der Waals surface area contributed by atoms with Crippen molar-refractivity contribution in [2.75, 3.05) is 7.11 Å². The van der Waals surface area contributed by atoms with Crippen LogP contribution in [0.4, 0.5) is 0 Å². The molecule has 1 amide bonds. The molecule has 0 unspecified atom stereocenters. The molecule has 0 bridgehead atoms. The molecule has 2 rings (SSSR count). The number of carbonyl (C=O) groups is 1. The quantitative estimate of drug-likeness (QED) is 0.482. The van der Waals surface area contributed by atoms with E-state index in [4.69, 9.17) is 26.3 Å². The van der Waals surface area contributed by atoms with E-state index in [2.05, 4.69) is 0 Å². The van der Waals surface area contributed by atoms with Crippen molar-refractivity contribution in [1.82, 2.24) is 5.48 Å². The van der Waals surface area contributed by atoms with Crippen molar-refractivity contribution < 1.29 is 19.5 Å². The van der Waals surface area contributed by atoms with E-state index < -0.39 is 5.91 Å². The Labute approximate surface area is 139 Å². The number of hydrogen-bond acceptors (Lipinski definition) is 4. The predicted octanol–water partition coefficient (Wildman–Crippen LogP) is 3.45. The molecule has 6 heteroatoms. The number of ether oxygens (including phenoxy) is 2. The Morgan fingerprint density at radius 2 is 1.96 bits per heavy atom. The molecule has 2 N–H and O–H groups in total. The van der Waals surface area contributed by atoms with Gasteiger partial charge >= 0.3 is 0 Å². The zero-order chi connectivity index (χ0) is 16.7. The lowest BCUT2D eigenvalue weighted by Crippen LogP contribution is -2.14. The van der Waals surface area contributed by atoms with Gasteiger partial charge < -0.3 is 9.47 Å². The average molecular weight is 334 g/mol. The first-order chi connectivity index (χ1) is 11.1. The molecule has 5 nitrogen and oxygen atoms in total.